The third-order valence-corrected chi connectivity index (χ3v) is 6.68. The van der Waals surface area contributed by atoms with E-state index in [-0.39, 0.29) is 4.90 Å². The van der Waals surface area contributed by atoms with Crippen LogP contribution in [0.4, 0.5) is 5.69 Å². The number of sulfonamides is 1. The zero-order chi connectivity index (χ0) is 23.1. The van der Waals surface area contributed by atoms with Crippen LogP contribution in [0.1, 0.15) is 5.56 Å². The van der Waals surface area contributed by atoms with E-state index in [1.165, 1.54) is 37.6 Å². The molecular weight excluding hydrogens is 473 g/mol. The van der Waals surface area contributed by atoms with Gasteiger partial charge in [-0.1, -0.05) is 47.5 Å². The molecule has 0 spiro atoms. The number of halogens is 2. The molecule has 0 fully saturated rings. The number of methoxy groups -OCH3 is 1. The largest absolute Gasteiger partial charge is 0.497 e. The zero-order valence-electron chi connectivity index (χ0n) is 16.9. The lowest BCUT2D eigenvalue weighted by Gasteiger charge is -2.23. The minimum Gasteiger partial charge on any atom is -0.497 e. The monoisotopic (exact) mass is 491 g/mol. The smallest absolute Gasteiger partial charge is 0.264 e. The van der Waals surface area contributed by atoms with Gasteiger partial charge in [-0.05, 0) is 48.5 Å². The average molecular weight is 492 g/mol. The predicted octanol–water partition coefficient (Wildman–Crippen LogP) is 4.35. The Labute approximate surface area is 196 Å². The molecule has 0 radical (unpaired) electrons. The Kier molecular flexibility index (Phi) is 7.74. The highest BCUT2D eigenvalue weighted by molar-refractivity contribution is 7.92. The number of nitrogens with zero attached hydrogens (tertiary/aromatic N) is 2. The Morgan fingerprint density at radius 2 is 1.75 bits per heavy atom. The molecule has 32 heavy (non-hydrogen) atoms. The molecule has 0 saturated carbocycles. The summed E-state index contributed by atoms with van der Waals surface area (Å²) in [6.07, 6.45) is 1.35. The molecule has 10 heteroatoms. The maximum Gasteiger partial charge on any atom is 0.264 e. The molecule has 0 aliphatic carbocycles. The summed E-state index contributed by atoms with van der Waals surface area (Å²) in [4.78, 5) is 12.5. The highest BCUT2D eigenvalue weighted by Gasteiger charge is 2.27. The summed E-state index contributed by atoms with van der Waals surface area (Å²) in [5.74, 6) is -0.115. The number of rotatable bonds is 8. The summed E-state index contributed by atoms with van der Waals surface area (Å²) in [7, 11) is -2.55. The summed E-state index contributed by atoms with van der Waals surface area (Å²) < 4.78 is 32.6. The van der Waals surface area contributed by atoms with Gasteiger partial charge < -0.3 is 4.74 Å². The number of ether oxygens (including phenoxy) is 1. The summed E-state index contributed by atoms with van der Waals surface area (Å²) >= 11 is 11.9. The van der Waals surface area contributed by atoms with Gasteiger partial charge in [0.15, 0.2) is 0 Å². The van der Waals surface area contributed by atoms with E-state index >= 15 is 0 Å². The molecule has 0 saturated heterocycles. The second-order valence-electron chi connectivity index (χ2n) is 6.48. The van der Waals surface area contributed by atoms with Gasteiger partial charge in [0.05, 0.1) is 28.9 Å². The van der Waals surface area contributed by atoms with E-state index in [2.05, 4.69) is 10.5 Å². The van der Waals surface area contributed by atoms with Gasteiger partial charge >= 0.3 is 0 Å². The van der Waals surface area contributed by atoms with Crippen molar-refractivity contribution in [2.45, 2.75) is 4.90 Å². The lowest BCUT2D eigenvalue weighted by atomic mass is 10.2. The van der Waals surface area contributed by atoms with Crippen LogP contribution in [0.25, 0.3) is 0 Å². The van der Waals surface area contributed by atoms with Crippen LogP contribution in [0.2, 0.25) is 10.0 Å². The van der Waals surface area contributed by atoms with Crippen molar-refractivity contribution in [3.05, 3.63) is 88.4 Å². The minimum absolute atomic E-state index is 0.0198. The number of carbonyl (C=O) groups excluding carboxylic acids is 1. The molecule has 7 nitrogen and oxygen atoms in total. The first-order valence-corrected chi connectivity index (χ1v) is 11.5. The molecule has 0 aliphatic heterocycles. The number of anilines is 1. The third kappa shape index (κ3) is 5.79. The van der Waals surface area contributed by atoms with E-state index in [0.717, 1.165) is 4.31 Å². The number of amides is 1. The van der Waals surface area contributed by atoms with Gasteiger partial charge in [0, 0.05) is 10.6 Å². The maximum atomic E-state index is 13.3. The lowest BCUT2D eigenvalue weighted by Crippen LogP contribution is -2.39. The van der Waals surface area contributed by atoms with Crippen LogP contribution >= 0.6 is 23.2 Å². The van der Waals surface area contributed by atoms with E-state index in [9.17, 15) is 13.2 Å². The van der Waals surface area contributed by atoms with Crippen LogP contribution < -0.4 is 14.5 Å². The van der Waals surface area contributed by atoms with Gasteiger partial charge in [0.25, 0.3) is 15.9 Å². The highest BCUT2D eigenvalue weighted by Crippen LogP contribution is 2.25. The first kappa shape index (κ1) is 23.6. The summed E-state index contributed by atoms with van der Waals surface area (Å²) in [5, 5.41) is 4.70. The molecule has 0 aromatic heterocycles. The number of carbonyl (C=O) groups is 1. The van der Waals surface area contributed by atoms with Gasteiger partial charge in [-0.2, -0.15) is 5.10 Å². The van der Waals surface area contributed by atoms with Crippen molar-refractivity contribution in [2.75, 3.05) is 18.0 Å². The maximum absolute atomic E-state index is 13.3. The van der Waals surface area contributed by atoms with Crippen LogP contribution in [0, 0.1) is 0 Å². The fourth-order valence-electron chi connectivity index (χ4n) is 2.73. The Bertz CT molecular complexity index is 1220. The number of para-hydroxylation sites is 1. The number of hydrogen-bond acceptors (Lipinski definition) is 5. The van der Waals surface area contributed by atoms with Crippen molar-refractivity contribution in [1.29, 1.82) is 0 Å². The van der Waals surface area contributed by atoms with Gasteiger partial charge in [-0.25, -0.2) is 13.8 Å². The number of benzene rings is 3. The molecule has 0 unspecified atom stereocenters. The Hall–Kier alpha value is -3.07. The SMILES string of the molecule is COc1ccc(S(=O)(=O)N(CC(=O)N/N=C\c2ccc(Cl)cc2Cl)c2ccccc2)cc1. The van der Waals surface area contributed by atoms with E-state index in [1.54, 1.807) is 48.5 Å². The van der Waals surface area contributed by atoms with Gasteiger partial charge in [-0.3, -0.25) is 9.10 Å². The number of hydrogen-bond donors (Lipinski definition) is 1. The van der Waals surface area contributed by atoms with E-state index in [4.69, 9.17) is 27.9 Å². The van der Waals surface area contributed by atoms with Gasteiger partial charge in [0.2, 0.25) is 0 Å². The molecule has 0 heterocycles. The molecule has 166 valence electrons. The van der Waals surface area contributed by atoms with Gasteiger partial charge in [-0.15, -0.1) is 0 Å². The molecule has 0 bridgehead atoms. The molecule has 3 rings (SSSR count). The van der Waals surface area contributed by atoms with Crippen LogP contribution in [-0.4, -0.2) is 34.2 Å². The summed E-state index contributed by atoms with van der Waals surface area (Å²) in [6.45, 7) is -0.482. The van der Waals surface area contributed by atoms with Crippen LogP contribution in [0.3, 0.4) is 0 Å². The predicted molar refractivity (Wildman–Crippen MR) is 126 cm³/mol. The highest BCUT2D eigenvalue weighted by atomic mass is 35.5. The molecule has 0 aliphatic rings. The molecule has 0 atom stereocenters. The molecule has 1 N–H and O–H groups in total. The van der Waals surface area contributed by atoms with Crippen LogP contribution in [-0.2, 0) is 14.8 Å². The number of hydrazone groups is 1. The summed E-state index contributed by atoms with van der Waals surface area (Å²) in [5.41, 5.74) is 3.21. The van der Waals surface area contributed by atoms with E-state index in [1.807, 2.05) is 0 Å². The standard InChI is InChI=1S/C22H19Cl2N3O4S/c1-31-19-9-11-20(12-10-19)32(29,30)27(18-5-3-2-4-6-18)15-22(28)26-25-14-16-7-8-17(23)13-21(16)24/h2-14H,15H2,1H3,(H,26,28)/b25-14-. The van der Waals surface area contributed by atoms with Crippen molar-refractivity contribution >= 4 is 51.0 Å². The summed E-state index contributed by atoms with van der Waals surface area (Å²) in [6, 6.07) is 19.1. The third-order valence-electron chi connectivity index (χ3n) is 4.33. The quantitative estimate of drug-likeness (QED) is 0.374. The lowest BCUT2D eigenvalue weighted by molar-refractivity contribution is -0.119. The minimum atomic E-state index is -4.03. The second-order valence-corrected chi connectivity index (χ2v) is 9.19. The normalized spacial score (nSPS) is 11.3. The average Bonchev–Trinajstić information content (AvgIpc) is 2.79. The Morgan fingerprint density at radius 1 is 1.06 bits per heavy atom. The van der Waals surface area contributed by atoms with Crippen molar-refractivity contribution in [1.82, 2.24) is 5.43 Å². The van der Waals surface area contributed by atoms with Crippen molar-refractivity contribution in [3.63, 3.8) is 0 Å². The molecule has 3 aromatic rings. The van der Waals surface area contributed by atoms with E-state index < -0.39 is 22.5 Å². The topological polar surface area (TPSA) is 88.1 Å². The second kappa shape index (κ2) is 10.5. The Morgan fingerprint density at radius 3 is 2.38 bits per heavy atom. The van der Waals surface area contributed by atoms with Gasteiger partial charge in [0.1, 0.15) is 12.3 Å². The molecule has 1 amide bonds. The Balaban J connectivity index is 1.81. The fourth-order valence-corrected chi connectivity index (χ4v) is 4.61. The first-order valence-electron chi connectivity index (χ1n) is 9.30. The van der Waals surface area contributed by atoms with E-state index in [0.29, 0.717) is 27.0 Å². The van der Waals surface area contributed by atoms with Crippen molar-refractivity contribution < 1.29 is 17.9 Å². The molecular formula is C22H19Cl2N3O4S. The first-order chi connectivity index (χ1) is 15.3. The van der Waals surface area contributed by atoms with Crippen LogP contribution in [0.5, 0.6) is 5.75 Å². The zero-order valence-corrected chi connectivity index (χ0v) is 19.2. The molecule has 3 aromatic carbocycles. The fraction of sp³-hybridized carbons (Fsp3) is 0.0909. The number of nitrogens with one attached hydrogen (secondary N) is 1. The van der Waals surface area contributed by atoms with Crippen LogP contribution in [0.15, 0.2) is 82.8 Å². The van der Waals surface area contributed by atoms with Crippen molar-refractivity contribution in [3.8, 4) is 5.75 Å². The van der Waals surface area contributed by atoms with Crippen molar-refractivity contribution in [2.24, 2.45) is 5.10 Å².